The van der Waals surface area contributed by atoms with Crippen LogP contribution in [0.5, 0.6) is 0 Å². The summed E-state index contributed by atoms with van der Waals surface area (Å²) in [6.07, 6.45) is 1.77. The van der Waals surface area contributed by atoms with Gasteiger partial charge < -0.3 is 20.1 Å². The quantitative estimate of drug-likeness (QED) is 0.295. The van der Waals surface area contributed by atoms with E-state index in [1.165, 1.54) is 0 Å². The summed E-state index contributed by atoms with van der Waals surface area (Å²) in [6, 6.07) is 10.3. The second-order valence-electron chi connectivity index (χ2n) is 7.66. The number of nitrogens with zero attached hydrogens (tertiary/aromatic N) is 3. The van der Waals surface area contributed by atoms with E-state index in [0.717, 1.165) is 11.1 Å². The Morgan fingerprint density at radius 1 is 1.26 bits per heavy atom. The number of para-hydroxylation sites is 1. The highest BCUT2D eigenvalue weighted by Crippen LogP contribution is 2.36. The molecule has 8 nitrogen and oxygen atoms in total. The van der Waals surface area contributed by atoms with Gasteiger partial charge in [0.15, 0.2) is 0 Å². The first-order valence-corrected chi connectivity index (χ1v) is 11.0. The monoisotopic (exact) mass is 534 g/mol. The van der Waals surface area contributed by atoms with Gasteiger partial charge in [-0.3, -0.25) is 9.20 Å². The molecular weight excluding hydrogens is 511 g/mol. The van der Waals surface area contributed by atoms with Gasteiger partial charge in [0, 0.05) is 36.6 Å². The van der Waals surface area contributed by atoms with Crippen molar-refractivity contribution in [3.05, 3.63) is 69.6 Å². The Labute approximate surface area is 193 Å². The van der Waals surface area contributed by atoms with Crippen molar-refractivity contribution < 1.29 is 14.6 Å². The summed E-state index contributed by atoms with van der Waals surface area (Å²) in [4.78, 5) is 31.5. The standard InChI is InChI=1S/C22H23IN4O4/c1-14-11-16(22(2,23)25-17-6-4-3-5-15(17)21(29)30)20-24-18(12-19(28)27(20)13-14)26-7-9-31-10-8-26/h3-6,11-13,25H,7-10H2,1-2H3,(H,29,30). The van der Waals surface area contributed by atoms with E-state index in [9.17, 15) is 14.7 Å². The van der Waals surface area contributed by atoms with Gasteiger partial charge in [-0.05, 0) is 60.2 Å². The zero-order valence-corrected chi connectivity index (χ0v) is 19.4. The second-order valence-corrected chi connectivity index (χ2v) is 9.81. The first kappa shape index (κ1) is 21.6. The molecule has 0 amide bonds. The van der Waals surface area contributed by atoms with Gasteiger partial charge in [-0.15, -0.1) is 0 Å². The second kappa shape index (κ2) is 8.46. The predicted molar refractivity (Wildman–Crippen MR) is 128 cm³/mol. The molecule has 162 valence electrons. The van der Waals surface area contributed by atoms with Crippen LogP contribution in [-0.4, -0.2) is 46.8 Å². The molecule has 1 aliphatic rings. The van der Waals surface area contributed by atoms with E-state index in [-0.39, 0.29) is 11.1 Å². The number of alkyl halides is 1. The molecule has 0 aliphatic carbocycles. The van der Waals surface area contributed by atoms with Crippen molar-refractivity contribution in [3.8, 4) is 0 Å². The minimum absolute atomic E-state index is 0.158. The van der Waals surface area contributed by atoms with Gasteiger partial charge >= 0.3 is 5.97 Å². The number of aromatic carboxylic acids is 1. The van der Waals surface area contributed by atoms with Crippen LogP contribution in [-0.2, 0) is 8.28 Å². The van der Waals surface area contributed by atoms with Crippen molar-refractivity contribution in [1.82, 2.24) is 9.38 Å². The Morgan fingerprint density at radius 2 is 1.97 bits per heavy atom. The smallest absolute Gasteiger partial charge is 0.337 e. The Bertz CT molecular complexity index is 1200. The van der Waals surface area contributed by atoms with Crippen molar-refractivity contribution in [2.24, 2.45) is 0 Å². The molecule has 0 bridgehead atoms. The SMILES string of the molecule is Cc1cc(C(C)(I)Nc2ccccc2C(=O)O)c2nc(N3CCOCC3)cc(=O)n2c1. The minimum Gasteiger partial charge on any atom is -0.478 e. The minimum atomic E-state index is -1.01. The first-order valence-electron chi connectivity index (χ1n) is 9.93. The van der Waals surface area contributed by atoms with E-state index >= 15 is 0 Å². The Morgan fingerprint density at radius 3 is 2.68 bits per heavy atom. The van der Waals surface area contributed by atoms with Crippen LogP contribution < -0.4 is 15.8 Å². The highest BCUT2D eigenvalue weighted by Gasteiger charge is 2.29. The number of ether oxygens (including phenoxy) is 1. The van der Waals surface area contributed by atoms with Crippen LogP contribution in [0.4, 0.5) is 11.5 Å². The van der Waals surface area contributed by atoms with Gasteiger partial charge in [0.25, 0.3) is 5.56 Å². The molecule has 1 aliphatic heterocycles. The molecule has 0 spiro atoms. The van der Waals surface area contributed by atoms with Crippen molar-refractivity contribution in [1.29, 1.82) is 0 Å². The zero-order chi connectivity index (χ0) is 22.2. The summed E-state index contributed by atoms with van der Waals surface area (Å²) in [5.41, 5.74) is 2.76. The lowest BCUT2D eigenvalue weighted by atomic mass is 10.1. The highest BCUT2D eigenvalue weighted by atomic mass is 127. The van der Waals surface area contributed by atoms with Gasteiger partial charge in [-0.25, -0.2) is 9.78 Å². The Balaban J connectivity index is 1.84. The summed E-state index contributed by atoms with van der Waals surface area (Å²) in [5.74, 6) is -0.384. The number of anilines is 2. The normalized spacial score (nSPS) is 16.2. The number of aryl methyl sites for hydroxylation is 1. The zero-order valence-electron chi connectivity index (χ0n) is 17.3. The van der Waals surface area contributed by atoms with Gasteiger partial charge in [0.1, 0.15) is 15.0 Å². The molecule has 9 heteroatoms. The lowest BCUT2D eigenvalue weighted by Crippen LogP contribution is -2.38. The third kappa shape index (κ3) is 4.38. The lowest BCUT2D eigenvalue weighted by Gasteiger charge is -2.30. The fourth-order valence-electron chi connectivity index (χ4n) is 3.73. The maximum atomic E-state index is 12.9. The van der Waals surface area contributed by atoms with Gasteiger partial charge in [0.05, 0.1) is 18.8 Å². The van der Waals surface area contributed by atoms with Crippen LogP contribution >= 0.6 is 22.6 Å². The number of hydrogen-bond acceptors (Lipinski definition) is 6. The molecule has 2 N–H and O–H groups in total. The Hall–Kier alpha value is -2.66. The highest BCUT2D eigenvalue weighted by molar-refractivity contribution is 14.1. The maximum Gasteiger partial charge on any atom is 0.337 e. The summed E-state index contributed by atoms with van der Waals surface area (Å²) >= 11 is 2.23. The van der Waals surface area contributed by atoms with Gasteiger partial charge in [-0.1, -0.05) is 12.1 Å². The molecule has 0 radical (unpaired) electrons. The molecule has 3 heterocycles. The molecule has 1 saturated heterocycles. The molecular formula is C22H23IN4O4. The van der Waals surface area contributed by atoms with Crippen LogP contribution in [0.1, 0.15) is 28.4 Å². The number of carbonyl (C=O) groups is 1. The van der Waals surface area contributed by atoms with Gasteiger partial charge in [0.2, 0.25) is 0 Å². The number of halogens is 1. The molecule has 4 rings (SSSR count). The molecule has 3 aromatic rings. The fraction of sp³-hybridized carbons (Fsp3) is 0.318. The van der Waals surface area contributed by atoms with Crippen LogP contribution in [0.3, 0.4) is 0 Å². The summed E-state index contributed by atoms with van der Waals surface area (Å²) < 4.78 is 6.24. The number of benzene rings is 1. The van der Waals surface area contributed by atoms with E-state index < -0.39 is 9.51 Å². The van der Waals surface area contributed by atoms with Crippen molar-refractivity contribution in [2.75, 3.05) is 36.5 Å². The van der Waals surface area contributed by atoms with Crippen LogP contribution in [0.15, 0.2) is 47.4 Å². The van der Waals surface area contributed by atoms with Crippen molar-refractivity contribution >= 4 is 45.7 Å². The van der Waals surface area contributed by atoms with E-state index in [0.29, 0.717) is 43.5 Å². The predicted octanol–water partition coefficient (Wildman–Crippen LogP) is 3.26. The summed E-state index contributed by atoms with van der Waals surface area (Å²) in [5, 5.41) is 12.9. The van der Waals surface area contributed by atoms with Crippen molar-refractivity contribution in [3.63, 3.8) is 0 Å². The topological polar surface area (TPSA) is 96.2 Å². The van der Waals surface area contributed by atoms with Crippen LogP contribution in [0.2, 0.25) is 0 Å². The largest absolute Gasteiger partial charge is 0.478 e. The number of carboxylic acids is 1. The number of fused-ring (bicyclic) bond motifs is 1. The van der Waals surface area contributed by atoms with Crippen molar-refractivity contribution in [2.45, 2.75) is 17.4 Å². The average Bonchev–Trinajstić information content (AvgIpc) is 2.74. The molecule has 1 fully saturated rings. The third-order valence-corrected chi connectivity index (χ3v) is 6.10. The Kier molecular flexibility index (Phi) is 5.89. The molecule has 1 atom stereocenters. The number of pyridine rings is 1. The first-order chi connectivity index (χ1) is 14.8. The third-order valence-electron chi connectivity index (χ3n) is 5.25. The van der Waals surface area contributed by atoms with E-state index in [2.05, 4.69) is 27.9 Å². The van der Waals surface area contributed by atoms with E-state index in [4.69, 9.17) is 9.72 Å². The average molecular weight is 534 g/mol. The molecule has 31 heavy (non-hydrogen) atoms. The number of rotatable bonds is 5. The van der Waals surface area contributed by atoms with Crippen LogP contribution in [0, 0.1) is 6.92 Å². The number of carboxylic acid groups (broad SMARTS) is 1. The summed E-state index contributed by atoms with van der Waals surface area (Å²) in [6.45, 7) is 6.40. The van der Waals surface area contributed by atoms with E-state index in [1.54, 1.807) is 40.9 Å². The number of aromatic nitrogens is 2. The number of morpholine rings is 1. The molecule has 2 aromatic heterocycles. The molecule has 1 unspecified atom stereocenters. The number of hydrogen-bond donors (Lipinski definition) is 2. The fourth-order valence-corrected chi connectivity index (χ4v) is 4.41. The number of nitrogens with one attached hydrogen (secondary N) is 1. The molecule has 1 aromatic carbocycles. The maximum absolute atomic E-state index is 12.9. The lowest BCUT2D eigenvalue weighted by molar-refractivity contribution is 0.0698. The van der Waals surface area contributed by atoms with E-state index in [1.807, 2.05) is 24.8 Å². The van der Waals surface area contributed by atoms with Gasteiger partial charge in [-0.2, -0.15) is 0 Å². The summed E-state index contributed by atoms with van der Waals surface area (Å²) in [7, 11) is 0. The molecule has 0 saturated carbocycles. The van der Waals surface area contributed by atoms with Crippen LogP contribution in [0.25, 0.3) is 5.65 Å².